The first-order valence-corrected chi connectivity index (χ1v) is 12.1. The second kappa shape index (κ2) is 8.18. The van der Waals surface area contributed by atoms with Crippen LogP contribution in [-0.2, 0) is 16.6 Å². The zero-order chi connectivity index (χ0) is 27.4. The van der Waals surface area contributed by atoms with Gasteiger partial charge in [-0.3, -0.25) is 9.89 Å². The standard InChI is InChI=1S/C26H22N4O4S/c1-16-4-7-19(8-5-16)35(32,33)30-11-10-20-22(24(34-3)12-17(2)25(20)30)15-29-26(31)21-13-18(14-27)6-9-23(21)28-29/h4-13,28H,15H2,1-3H3/i3D3. The molecule has 0 unspecified atom stereocenters. The van der Waals surface area contributed by atoms with Crippen LogP contribution in [0.4, 0.5) is 0 Å². The molecule has 0 aliphatic carbocycles. The maximum atomic E-state index is 13.5. The molecule has 5 aromatic rings. The molecule has 35 heavy (non-hydrogen) atoms. The normalized spacial score (nSPS) is 13.3. The van der Waals surface area contributed by atoms with E-state index in [4.69, 9.17) is 8.85 Å². The van der Waals surface area contributed by atoms with Gasteiger partial charge in [0.05, 0.1) is 50.6 Å². The molecule has 0 aliphatic rings. The van der Waals surface area contributed by atoms with Crippen molar-refractivity contribution < 1.29 is 17.3 Å². The van der Waals surface area contributed by atoms with Gasteiger partial charge in [-0.1, -0.05) is 17.7 Å². The number of fused-ring (bicyclic) bond motifs is 2. The molecule has 5 rings (SSSR count). The summed E-state index contributed by atoms with van der Waals surface area (Å²) in [5.74, 6) is 0.00348. The van der Waals surface area contributed by atoms with Crippen LogP contribution in [0.2, 0.25) is 0 Å². The second-order valence-electron chi connectivity index (χ2n) is 8.34. The number of nitriles is 1. The number of methoxy groups -OCH3 is 1. The highest BCUT2D eigenvalue weighted by atomic mass is 32.2. The van der Waals surface area contributed by atoms with E-state index < -0.39 is 22.6 Å². The van der Waals surface area contributed by atoms with Crippen LogP contribution < -0.4 is 10.3 Å². The van der Waals surface area contributed by atoms with Gasteiger partial charge in [0.2, 0.25) is 0 Å². The predicted molar refractivity (Wildman–Crippen MR) is 133 cm³/mol. The van der Waals surface area contributed by atoms with E-state index in [0.29, 0.717) is 38.5 Å². The van der Waals surface area contributed by atoms with E-state index >= 15 is 0 Å². The number of benzene rings is 3. The Labute approximate surface area is 205 Å². The molecule has 0 saturated carbocycles. The lowest BCUT2D eigenvalue weighted by Gasteiger charge is -2.15. The van der Waals surface area contributed by atoms with Gasteiger partial charge in [-0.15, -0.1) is 0 Å². The molecule has 0 bridgehead atoms. The summed E-state index contributed by atoms with van der Waals surface area (Å²) in [5, 5.41) is 12.9. The zero-order valence-electron chi connectivity index (χ0n) is 21.9. The van der Waals surface area contributed by atoms with Crippen LogP contribution in [-0.4, -0.2) is 29.2 Å². The fraction of sp³-hybridized carbons (Fsp3) is 0.154. The van der Waals surface area contributed by atoms with E-state index in [1.54, 1.807) is 37.3 Å². The topological polar surface area (TPSA) is 110 Å². The van der Waals surface area contributed by atoms with E-state index in [-0.39, 0.29) is 17.2 Å². The molecule has 176 valence electrons. The van der Waals surface area contributed by atoms with E-state index in [1.807, 2.05) is 13.0 Å². The fourth-order valence-corrected chi connectivity index (χ4v) is 5.72. The summed E-state index contributed by atoms with van der Waals surface area (Å²) in [6.45, 7) is 3.39. The number of rotatable bonds is 5. The number of hydrogen-bond acceptors (Lipinski definition) is 5. The summed E-state index contributed by atoms with van der Waals surface area (Å²) in [4.78, 5) is 13.2. The van der Waals surface area contributed by atoms with E-state index in [9.17, 15) is 18.5 Å². The van der Waals surface area contributed by atoms with Gasteiger partial charge in [-0.25, -0.2) is 17.1 Å². The average Bonchev–Trinajstić information content (AvgIpc) is 3.43. The minimum absolute atomic E-state index is 0.00348. The summed E-state index contributed by atoms with van der Waals surface area (Å²) in [5.41, 5.74) is 2.45. The third-order valence-electron chi connectivity index (χ3n) is 6.08. The Morgan fingerprint density at radius 1 is 1.09 bits per heavy atom. The summed E-state index contributed by atoms with van der Waals surface area (Å²) in [7, 11) is -6.76. The quantitative estimate of drug-likeness (QED) is 0.400. The number of ether oxygens (including phenoxy) is 1. The molecule has 0 radical (unpaired) electrons. The highest BCUT2D eigenvalue weighted by molar-refractivity contribution is 7.90. The highest BCUT2D eigenvalue weighted by Crippen LogP contribution is 2.34. The lowest BCUT2D eigenvalue weighted by Crippen LogP contribution is -2.18. The van der Waals surface area contributed by atoms with Crippen LogP contribution in [0.5, 0.6) is 5.75 Å². The summed E-state index contributed by atoms with van der Waals surface area (Å²) in [6.07, 6.45) is 1.41. The van der Waals surface area contributed by atoms with Crippen LogP contribution in [0.3, 0.4) is 0 Å². The lowest BCUT2D eigenvalue weighted by molar-refractivity contribution is 0.408. The fourth-order valence-electron chi connectivity index (χ4n) is 4.31. The highest BCUT2D eigenvalue weighted by Gasteiger charge is 2.23. The van der Waals surface area contributed by atoms with Crippen LogP contribution in [0.1, 0.15) is 26.4 Å². The molecule has 0 fully saturated rings. The third kappa shape index (κ3) is 3.59. The van der Waals surface area contributed by atoms with Gasteiger partial charge in [-0.05, 0) is 61.9 Å². The van der Waals surface area contributed by atoms with E-state index in [0.717, 1.165) is 9.54 Å². The number of aryl methyl sites for hydroxylation is 2. The number of aromatic amines is 1. The molecule has 9 heteroatoms. The van der Waals surface area contributed by atoms with Crippen LogP contribution in [0, 0.1) is 25.2 Å². The van der Waals surface area contributed by atoms with Gasteiger partial charge in [0.15, 0.2) is 0 Å². The Morgan fingerprint density at radius 2 is 1.86 bits per heavy atom. The number of nitrogens with zero attached hydrogens (tertiary/aromatic N) is 3. The number of hydrogen-bond donors (Lipinski definition) is 1. The summed E-state index contributed by atoms with van der Waals surface area (Å²) >= 11 is 0. The van der Waals surface area contributed by atoms with Gasteiger partial charge in [0.1, 0.15) is 5.75 Å². The molecule has 0 atom stereocenters. The van der Waals surface area contributed by atoms with Gasteiger partial charge in [0.25, 0.3) is 15.6 Å². The zero-order valence-corrected chi connectivity index (χ0v) is 19.7. The van der Waals surface area contributed by atoms with Crippen molar-refractivity contribution in [3.63, 3.8) is 0 Å². The van der Waals surface area contributed by atoms with Gasteiger partial charge >= 0.3 is 0 Å². The minimum atomic E-state index is -3.98. The number of H-pyrrole nitrogens is 1. The van der Waals surface area contributed by atoms with Gasteiger partial charge in [-0.2, -0.15) is 5.26 Å². The summed E-state index contributed by atoms with van der Waals surface area (Å²) < 4.78 is 57.7. The van der Waals surface area contributed by atoms with Gasteiger partial charge < -0.3 is 4.74 Å². The van der Waals surface area contributed by atoms with E-state index in [1.165, 1.54) is 35.1 Å². The van der Waals surface area contributed by atoms with Crippen molar-refractivity contribution in [2.24, 2.45) is 0 Å². The lowest BCUT2D eigenvalue weighted by atomic mass is 10.0. The molecule has 3 aromatic carbocycles. The van der Waals surface area contributed by atoms with Crippen molar-refractivity contribution in [2.75, 3.05) is 7.04 Å². The summed E-state index contributed by atoms with van der Waals surface area (Å²) in [6, 6.07) is 16.2. The van der Waals surface area contributed by atoms with Crippen molar-refractivity contribution in [3.8, 4) is 11.8 Å². The van der Waals surface area contributed by atoms with E-state index in [2.05, 4.69) is 5.10 Å². The molecule has 8 nitrogen and oxygen atoms in total. The molecule has 0 amide bonds. The second-order valence-corrected chi connectivity index (χ2v) is 10.2. The first kappa shape index (κ1) is 19.1. The molecule has 2 aromatic heterocycles. The molecular formula is C26H22N4O4S. The third-order valence-corrected chi connectivity index (χ3v) is 7.77. The van der Waals surface area contributed by atoms with Crippen molar-refractivity contribution in [1.82, 2.24) is 13.8 Å². The van der Waals surface area contributed by atoms with Crippen molar-refractivity contribution in [3.05, 3.63) is 93.4 Å². The van der Waals surface area contributed by atoms with Gasteiger partial charge in [0, 0.05) is 17.1 Å². The Bertz CT molecular complexity index is 1930. The Hall–Kier alpha value is -4.29. The maximum absolute atomic E-state index is 13.5. The minimum Gasteiger partial charge on any atom is -0.496 e. The molecule has 1 N–H and O–H groups in total. The predicted octanol–water partition coefficient (Wildman–Crippen LogP) is 4.07. The first-order valence-electron chi connectivity index (χ1n) is 12.2. The van der Waals surface area contributed by atoms with Crippen molar-refractivity contribution >= 4 is 31.8 Å². The Kier molecular flexibility index (Phi) is 4.46. The van der Waals surface area contributed by atoms with Crippen molar-refractivity contribution in [2.45, 2.75) is 25.3 Å². The van der Waals surface area contributed by atoms with Crippen molar-refractivity contribution in [1.29, 1.82) is 5.26 Å². The average molecular weight is 490 g/mol. The SMILES string of the molecule is [2H]C([2H])([2H])Oc1cc(C)c2c(ccn2S(=O)(=O)c2ccc(C)cc2)c1Cn1[nH]c2ccc(C#N)cc2c1=O. The van der Waals surface area contributed by atoms with Crippen LogP contribution >= 0.6 is 0 Å². The Balaban J connectivity index is 1.73. The molecule has 0 spiro atoms. The van der Waals surface area contributed by atoms with Crippen LogP contribution in [0.25, 0.3) is 21.8 Å². The smallest absolute Gasteiger partial charge is 0.274 e. The molecule has 0 aliphatic heterocycles. The monoisotopic (exact) mass is 489 g/mol. The largest absolute Gasteiger partial charge is 0.496 e. The number of aromatic nitrogens is 3. The molecule has 0 saturated heterocycles. The van der Waals surface area contributed by atoms with Crippen LogP contribution in [0.15, 0.2) is 70.5 Å². The maximum Gasteiger partial charge on any atom is 0.274 e. The first-order chi connectivity index (χ1) is 17.9. The molecule has 2 heterocycles. The Morgan fingerprint density at radius 3 is 2.57 bits per heavy atom. The number of nitrogens with one attached hydrogen (secondary N) is 1. The molecular weight excluding hydrogens is 464 g/mol.